The van der Waals surface area contributed by atoms with Gasteiger partial charge in [0.1, 0.15) is 6.17 Å². The van der Waals surface area contributed by atoms with E-state index >= 15 is 0 Å². The van der Waals surface area contributed by atoms with E-state index in [2.05, 4.69) is 10.7 Å². The number of rotatable bonds is 5. The van der Waals surface area contributed by atoms with Crippen molar-refractivity contribution in [3.63, 3.8) is 0 Å². The van der Waals surface area contributed by atoms with Gasteiger partial charge >= 0.3 is 0 Å². The molecule has 0 aliphatic carbocycles. The van der Waals surface area contributed by atoms with Crippen LogP contribution in [0.5, 0.6) is 0 Å². The number of carbonyl (C=O) groups is 2. The molecule has 1 aliphatic heterocycles. The monoisotopic (exact) mass is 434 g/mol. The summed E-state index contributed by atoms with van der Waals surface area (Å²) >= 11 is 6.11. The molecule has 3 aromatic rings. The summed E-state index contributed by atoms with van der Waals surface area (Å²) in [6.07, 6.45) is -0.392. The molecule has 0 spiro atoms. The van der Waals surface area contributed by atoms with Crippen LogP contribution in [0.4, 0.5) is 11.4 Å². The van der Waals surface area contributed by atoms with Crippen LogP contribution in [0.3, 0.4) is 0 Å². The fourth-order valence-corrected chi connectivity index (χ4v) is 3.71. The summed E-state index contributed by atoms with van der Waals surface area (Å²) < 4.78 is 0. The van der Waals surface area contributed by atoms with E-state index < -0.39 is 6.17 Å². The zero-order valence-corrected chi connectivity index (χ0v) is 18.1. The Morgan fingerprint density at radius 2 is 1.77 bits per heavy atom. The van der Waals surface area contributed by atoms with Gasteiger partial charge in [0.25, 0.3) is 5.91 Å². The van der Waals surface area contributed by atoms with E-state index in [0.717, 1.165) is 16.8 Å². The summed E-state index contributed by atoms with van der Waals surface area (Å²) in [5, 5.41) is 5.16. The van der Waals surface area contributed by atoms with E-state index in [9.17, 15) is 9.59 Å². The molecular weight excluding hydrogens is 412 g/mol. The highest BCUT2D eigenvalue weighted by Gasteiger charge is 2.34. The van der Waals surface area contributed by atoms with Crippen LogP contribution < -0.4 is 15.6 Å². The number of hydrogen-bond acceptors (Lipinski definition) is 4. The Bertz CT molecular complexity index is 1100. The van der Waals surface area contributed by atoms with E-state index in [4.69, 9.17) is 11.6 Å². The number of halogens is 1. The van der Waals surface area contributed by atoms with Crippen LogP contribution in [-0.4, -0.2) is 30.9 Å². The average Bonchev–Trinajstić information content (AvgIpc) is 2.76. The first kappa shape index (κ1) is 20.8. The second-order valence-electron chi connectivity index (χ2n) is 7.60. The van der Waals surface area contributed by atoms with Gasteiger partial charge in [0, 0.05) is 30.5 Å². The molecule has 6 nitrogen and oxygen atoms in total. The topological polar surface area (TPSA) is 64.7 Å². The second kappa shape index (κ2) is 8.70. The number of nitrogens with one attached hydrogen (secondary N) is 2. The summed E-state index contributed by atoms with van der Waals surface area (Å²) in [6, 6.07) is 22.4. The maximum Gasteiger partial charge on any atom is 0.276 e. The van der Waals surface area contributed by atoms with Crippen molar-refractivity contribution < 1.29 is 9.59 Å². The van der Waals surface area contributed by atoms with Crippen molar-refractivity contribution >= 4 is 34.8 Å². The predicted octanol–water partition coefficient (Wildman–Crippen LogP) is 4.25. The van der Waals surface area contributed by atoms with Gasteiger partial charge in [-0.1, -0.05) is 54.1 Å². The standard InChI is InChI=1S/C24H23ClN4O2/c1-28(2)19-11-8-17(9-12-19)23-26-21-13-10-18(25)15-20(21)24(31)29(23)27-22(30)14-16-6-4-3-5-7-16/h3-13,15,23,26H,14H2,1-2H3,(H,27,30). The first-order valence-corrected chi connectivity index (χ1v) is 10.3. The van der Waals surface area contributed by atoms with Gasteiger partial charge < -0.3 is 10.2 Å². The van der Waals surface area contributed by atoms with Crippen LogP contribution in [0.2, 0.25) is 5.02 Å². The molecule has 0 fully saturated rings. The minimum Gasteiger partial charge on any atom is -0.378 e. The lowest BCUT2D eigenvalue weighted by Crippen LogP contribution is -2.53. The molecule has 0 saturated carbocycles. The molecule has 1 aliphatic rings. The van der Waals surface area contributed by atoms with Gasteiger partial charge in [0.05, 0.1) is 12.0 Å². The van der Waals surface area contributed by atoms with Crippen molar-refractivity contribution in [2.75, 3.05) is 24.3 Å². The van der Waals surface area contributed by atoms with Crippen molar-refractivity contribution in [1.29, 1.82) is 0 Å². The molecule has 7 heteroatoms. The third-order valence-corrected chi connectivity index (χ3v) is 5.39. The van der Waals surface area contributed by atoms with Crippen molar-refractivity contribution in [2.45, 2.75) is 12.6 Å². The van der Waals surface area contributed by atoms with E-state index in [-0.39, 0.29) is 18.2 Å². The molecule has 158 valence electrons. The lowest BCUT2D eigenvalue weighted by atomic mass is 10.0. The van der Waals surface area contributed by atoms with Gasteiger partial charge in [0.2, 0.25) is 5.91 Å². The van der Waals surface area contributed by atoms with Gasteiger partial charge in [-0.05, 0) is 41.5 Å². The number of benzene rings is 3. The van der Waals surface area contributed by atoms with E-state index in [1.54, 1.807) is 18.2 Å². The summed E-state index contributed by atoms with van der Waals surface area (Å²) in [6.45, 7) is 0. The quantitative estimate of drug-likeness (QED) is 0.630. The number of nitrogens with zero attached hydrogens (tertiary/aromatic N) is 2. The Morgan fingerprint density at radius 1 is 1.06 bits per heavy atom. The van der Waals surface area contributed by atoms with E-state index in [1.165, 1.54) is 5.01 Å². The summed E-state index contributed by atoms with van der Waals surface area (Å²) in [5.41, 5.74) is 6.63. The minimum absolute atomic E-state index is 0.166. The molecular formula is C24H23ClN4O2. The van der Waals surface area contributed by atoms with Crippen LogP contribution in [0, 0.1) is 0 Å². The molecule has 31 heavy (non-hydrogen) atoms. The lowest BCUT2D eigenvalue weighted by molar-refractivity contribution is -0.125. The Labute approximate surface area is 186 Å². The van der Waals surface area contributed by atoms with Gasteiger partial charge in [-0.2, -0.15) is 0 Å². The third kappa shape index (κ3) is 4.49. The van der Waals surface area contributed by atoms with Crippen molar-refractivity contribution in [3.8, 4) is 0 Å². The summed E-state index contributed by atoms with van der Waals surface area (Å²) in [5.74, 6) is -0.596. The molecule has 4 rings (SSSR count). The Kier molecular flexibility index (Phi) is 5.82. The van der Waals surface area contributed by atoms with Crippen molar-refractivity contribution in [2.24, 2.45) is 0 Å². The fraction of sp³-hybridized carbons (Fsp3) is 0.167. The predicted molar refractivity (Wildman–Crippen MR) is 123 cm³/mol. The largest absolute Gasteiger partial charge is 0.378 e. The van der Waals surface area contributed by atoms with Gasteiger partial charge in [-0.25, -0.2) is 5.01 Å². The van der Waals surface area contributed by atoms with E-state index in [1.807, 2.05) is 73.6 Å². The van der Waals surface area contributed by atoms with E-state index in [0.29, 0.717) is 16.3 Å². The first-order valence-electron chi connectivity index (χ1n) is 9.93. The maximum absolute atomic E-state index is 13.3. The average molecular weight is 435 g/mol. The zero-order chi connectivity index (χ0) is 22.0. The molecule has 2 amide bonds. The number of anilines is 2. The number of amides is 2. The van der Waals surface area contributed by atoms with Gasteiger partial charge in [0.15, 0.2) is 0 Å². The number of hydrogen-bond donors (Lipinski definition) is 2. The maximum atomic E-state index is 13.3. The minimum atomic E-state index is -0.558. The Balaban J connectivity index is 1.65. The second-order valence-corrected chi connectivity index (χ2v) is 8.03. The highest BCUT2D eigenvalue weighted by atomic mass is 35.5. The molecule has 3 aromatic carbocycles. The van der Waals surface area contributed by atoms with Crippen molar-refractivity contribution in [1.82, 2.24) is 10.4 Å². The normalized spacial score (nSPS) is 15.1. The molecule has 0 radical (unpaired) electrons. The van der Waals surface area contributed by atoms with Crippen LogP contribution >= 0.6 is 11.6 Å². The Hall–Kier alpha value is -3.51. The van der Waals surface area contributed by atoms with Crippen molar-refractivity contribution in [3.05, 3.63) is 94.5 Å². The number of hydrazine groups is 1. The SMILES string of the molecule is CN(C)c1ccc(C2Nc3ccc(Cl)cc3C(=O)N2NC(=O)Cc2ccccc2)cc1. The van der Waals surface area contributed by atoms with Gasteiger partial charge in [-0.3, -0.25) is 15.0 Å². The first-order chi connectivity index (χ1) is 14.9. The number of fused-ring (bicyclic) bond motifs is 1. The Morgan fingerprint density at radius 3 is 2.45 bits per heavy atom. The molecule has 2 N–H and O–H groups in total. The van der Waals surface area contributed by atoms with Crippen LogP contribution in [-0.2, 0) is 11.2 Å². The van der Waals surface area contributed by atoms with Gasteiger partial charge in [-0.15, -0.1) is 0 Å². The van der Waals surface area contributed by atoms with Crippen LogP contribution in [0.25, 0.3) is 0 Å². The zero-order valence-electron chi connectivity index (χ0n) is 17.3. The molecule has 0 saturated heterocycles. The molecule has 0 aromatic heterocycles. The summed E-state index contributed by atoms with van der Waals surface area (Å²) in [7, 11) is 3.93. The molecule has 1 unspecified atom stereocenters. The lowest BCUT2D eigenvalue weighted by Gasteiger charge is -2.38. The fourth-order valence-electron chi connectivity index (χ4n) is 3.54. The molecule has 1 heterocycles. The summed E-state index contributed by atoms with van der Waals surface area (Å²) in [4.78, 5) is 28.1. The highest BCUT2D eigenvalue weighted by Crippen LogP contribution is 2.34. The third-order valence-electron chi connectivity index (χ3n) is 5.16. The smallest absolute Gasteiger partial charge is 0.276 e. The molecule has 0 bridgehead atoms. The number of carbonyl (C=O) groups excluding carboxylic acids is 2. The molecule has 1 atom stereocenters. The van der Waals surface area contributed by atoms with Crippen LogP contribution in [0.15, 0.2) is 72.8 Å². The highest BCUT2D eigenvalue weighted by molar-refractivity contribution is 6.31. The van der Waals surface area contributed by atoms with Crippen LogP contribution in [0.1, 0.15) is 27.7 Å².